The molecule has 2 atom stereocenters. The van der Waals surface area contributed by atoms with E-state index in [1.54, 1.807) is 0 Å². The minimum absolute atomic E-state index is 0.700. The van der Waals surface area contributed by atoms with E-state index >= 15 is 0 Å². The zero-order valence-electron chi connectivity index (χ0n) is 10.7. The molecule has 2 aliphatic heterocycles. The Morgan fingerprint density at radius 1 is 1.19 bits per heavy atom. The summed E-state index contributed by atoms with van der Waals surface area (Å²) >= 11 is 0. The molecule has 94 valence electrons. The Morgan fingerprint density at radius 2 is 1.94 bits per heavy atom. The normalized spacial score (nSPS) is 34.1. The SMILES string of the molecule is CCC1CN(C2CCOCC2)C(CC)CN1. The molecule has 3 heteroatoms. The Labute approximate surface area is 99.5 Å². The van der Waals surface area contributed by atoms with Crippen LogP contribution in [0.2, 0.25) is 0 Å². The summed E-state index contributed by atoms with van der Waals surface area (Å²) in [6.07, 6.45) is 4.97. The van der Waals surface area contributed by atoms with Crippen LogP contribution in [0.25, 0.3) is 0 Å². The molecule has 0 aliphatic carbocycles. The van der Waals surface area contributed by atoms with Crippen LogP contribution < -0.4 is 5.32 Å². The maximum atomic E-state index is 5.47. The summed E-state index contributed by atoms with van der Waals surface area (Å²) in [6.45, 7) is 8.92. The van der Waals surface area contributed by atoms with E-state index < -0.39 is 0 Å². The van der Waals surface area contributed by atoms with Crippen LogP contribution in [0.5, 0.6) is 0 Å². The number of hydrogen-bond donors (Lipinski definition) is 1. The Balaban J connectivity index is 1.95. The van der Waals surface area contributed by atoms with Gasteiger partial charge in [-0.25, -0.2) is 0 Å². The fourth-order valence-electron chi connectivity index (χ4n) is 3.00. The molecule has 3 nitrogen and oxygen atoms in total. The zero-order chi connectivity index (χ0) is 11.4. The third kappa shape index (κ3) is 2.76. The van der Waals surface area contributed by atoms with Crippen LogP contribution in [-0.2, 0) is 4.74 Å². The molecule has 1 N–H and O–H groups in total. The van der Waals surface area contributed by atoms with E-state index in [0.717, 1.165) is 25.3 Å². The lowest BCUT2D eigenvalue weighted by molar-refractivity contribution is -0.000675. The maximum Gasteiger partial charge on any atom is 0.0480 e. The Hall–Kier alpha value is -0.120. The molecule has 2 aliphatic rings. The van der Waals surface area contributed by atoms with E-state index in [-0.39, 0.29) is 0 Å². The predicted molar refractivity (Wildman–Crippen MR) is 66.7 cm³/mol. The minimum atomic E-state index is 0.700. The van der Waals surface area contributed by atoms with Gasteiger partial charge in [0.15, 0.2) is 0 Å². The molecule has 2 saturated heterocycles. The van der Waals surface area contributed by atoms with Gasteiger partial charge in [-0.3, -0.25) is 4.90 Å². The van der Waals surface area contributed by atoms with Crippen molar-refractivity contribution in [3.8, 4) is 0 Å². The monoisotopic (exact) mass is 226 g/mol. The lowest BCUT2D eigenvalue weighted by Crippen LogP contribution is -2.59. The molecule has 2 fully saturated rings. The quantitative estimate of drug-likeness (QED) is 0.791. The van der Waals surface area contributed by atoms with Crippen molar-refractivity contribution >= 4 is 0 Å². The summed E-state index contributed by atoms with van der Waals surface area (Å²) in [5.74, 6) is 0. The average molecular weight is 226 g/mol. The second kappa shape index (κ2) is 5.99. The second-order valence-electron chi connectivity index (χ2n) is 5.12. The van der Waals surface area contributed by atoms with Crippen LogP contribution in [0.1, 0.15) is 39.5 Å². The first-order chi connectivity index (χ1) is 7.85. The number of piperazine rings is 1. The lowest BCUT2D eigenvalue weighted by Gasteiger charge is -2.45. The first kappa shape index (κ1) is 12.3. The van der Waals surface area contributed by atoms with Crippen LogP contribution in [0.15, 0.2) is 0 Å². The van der Waals surface area contributed by atoms with Crippen LogP contribution in [0, 0.1) is 0 Å². The summed E-state index contributed by atoms with van der Waals surface area (Å²) in [4.78, 5) is 2.76. The van der Waals surface area contributed by atoms with Crippen molar-refractivity contribution in [2.75, 3.05) is 26.3 Å². The molecule has 2 heterocycles. The van der Waals surface area contributed by atoms with Crippen molar-refractivity contribution in [3.05, 3.63) is 0 Å². The molecule has 16 heavy (non-hydrogen) atoms. The summed E-state index contributed by atoms with van der Waals surface area (Å²) in [5.41, 5.74) is 0. The van der Waals surface area contributed by atoms with Gasteiger partial charge in [-0.15, -0.1) is 0 Å². The molecule has 0 aromatic heterocycles. The van der Waals surface area contributed by atoms with E-state index in [1.165, 1.54) is 38.8 Å². The van der Waals surface area contributed by atoms with Crippen molar-refractivity contribution < 1.29 is 4.74 Å². The van der Waals surface area contributed by atoms with Crippen molar-refractivity contribution in [1.29, 1.82) is 0 Å². The van der Waals surface area contributed by atoms with Crippen molar-refractivity contribution in [3.63, 3.8) is 0 Å². The molecular weight excluding hydrogens is 200 g/mol. The van der Waals surface area contributed by atoms with Gasteiger partial charge in [0.25, 0.3) is 0 Å². The van der Waals surface area contributed by atoms with Gasteiger partial charge in [0, 0.05) is 44.4 Å². The predicted octanol–water partition coefficient (Wildman–Crippen LogP) is 1.63. The van der Waals surface area contributed by atoms with Gasteiger partial charge >= 0.3 is 0 Å². The number of ether oxygens (including phenoxy) is 1. The Kier molecular flexibility index (Phi) is 4.62. The molecular formula is C13H26N2O. The molecule has 0 amide bonds. The highest BCUT2D eigenvalue weighted by atomic mass is 16.5. The summed E-state index contributed by atoms with van der Waals surface area (Å²) < 4.78 is 5.47. The topological polar surface area (TPSA) is 24.5 Å². The molecule has 2 rings (SSSR count). The van der Waals surface area contributed by atoms with Gasteiger partial charge in [-0.1, -0.05) is 13.8 Å². The van der Waals surface area contributed by atoms with Crippen LogP contribution >= 0.6 is 0 Å². The highest BCUT2D eigenvalue weighted by Crippen LogP contribution is 2.21. The molecule has 0 spiro atoms. The van der Waals surface area contributed by atoms with Gasteiger partial charge < -0.3 is 10.1 Å². The van der Waals surface area contributed by atoms with E-state index in [4.69, 9.17) is 4.74 Å². The van der Waals surface area contributed by atoms with Crippen molar-refractivity contribution in [2.45, 2.75) is 57.7 Å². The highest BCUT2D eigenvalue weighted by Gasteiger charge is 2.31. The standard InChI is InChI=1S/C13H26N2O/c1-3-11-10-15(12(4-2)9-14-11)13-5-7-16-8-6-13/h11-14H,3-10H2,1-2H3. The Morgan fingerprint density at radius 3 is 2.56 bits per heavy atom. The molecule has 0 bridgehead atoms. The zero-order valence-corrected chi connectivity index (χ0v) is 10.7. The average Bonchev–Trinajstić information content (AvgIpc) is 2.39. The number of nitrogens with one attached hydrogen (secondary N) is 1. The number of hydrogen-bond acceptors (Lipinski definition) is 3. The van der Waals surface area contributed by atoms with Gasteiger partial charge in [0.05, 0.1) is 0 Å². The Bertz CT molecular complexity index is 204. The molecule has 2 unspecified atom stereocenters. The van der Waals surface area contributed by atoms with Crippen LogP contribution in [0.3, 0.4) is 0 Å². The van der Waals surface area contributed by atoms with E-state index in [2.05, 4.69) is 24.1 Å². The number of nitrogens with zero attached hydrogens (tertiary/aromatic N) is 1. The molecule has 0 aromatic rings. The fraction of sp³-hybridized carbons (Fsp3) is 1.00. The number of rotatable bonds is 3. The maximum absolute atomic E-state index is 5.47. The van der Waals surface area contributed by atoms with E-state index in [1.807, 2.05) is 0 Å². The van der Waals surface area contributed by atoms with Crippen molar-refractivity contribution in [2.24, 2.45) is 0 Å². The fourth-order valence-corrected chi connectivity index (χ4v) is 3.00. The van der Waals surface area contributed by atoms with Crippen molar-refractivity contribution in [1.82, 2.24) is 10.2 Å². The lowest BCUT2D eigenvalue weighted by atomic mass is 9.98. The highest BCUT2D eigenvalue weighted by molar-refractivity contribution is 4.89. The first-order valence-electron chi connectivity index (χ1n) is 6.92. The largest absolute Gasteiger partial charge is 0.381 e. The summed E-state index contributed by atoms with van der Waals surface area (Å²) in [7, 11) is 0. The third-order valence-electron chi connectivity index (χ3n) is 4.17. The van der Waals surface area contributed by atoms with Gasteiger partial charge in [0.1, 0.15) is 0 Å². The summed E-state index contributed by atoms with van der Waals surface area (Å²) in [6, 6.07) is 2.21. The van der Waals surface area contributed by atoms with E-state index in [0.29, 0.717) is 6.04 Å². The second-order valence-corrected chi connectivity index (χ2v) is 5.12. The molecule has 0 saturated carbocycles. The van der Waals surface area contributed by atoms with E-state index in [9.17, 15) is 0 Å². The van der Waals surface area contributed by atoms with Crippen LogP contribution in [0.4, 0.5) is 0 Å². The smallest absolute Gasteiger partial charge is 0.0480 e. The molecule has 0 aromatic carbocycles. The van der Waals surface area contributed by atoms with Gasteiger partial charge in [0.2, 0.25) is 0 Å². The third-order valence-corrected chi connectivity index (χ3v) is 4.17. The minimum Gasteiger partial charge on any atom is -0.381 e. The van der Waals surface area contributed by atoms with Crippen LogP contribution in [-0.4, -0.2) is 49.3 Å². The molecule has 0 radical (unpaired) electrons. The van der Waals surface area contributed by atoms with Gasteiger partial charge in [-0.05, 0) is 25.7 Å². The first-order valence-corrected chi connectivity index (χ1v) is 6.92. The van der Waals surface area contributed by atoms with Gasteiger partial charge in [-0.2, -0.15) is 0 Å². The summed E-state index contributed by atoms with van der Waals surface area (Å²) in [5, 5.41) is 3.67.